The summed E-state index contributed by atoms with van der Waals surface area (Å²) < 4.78 is 0. The first-order valence-electron chi connectivity index (χ1n) is 5.94. The Morgan fingerprint density at radius 1 is 1.53 bits per heavy atom. The molecule has 0 aromatic carbocycles. The van der Waals surface area contributed by atoms with Gasteiger partial charge in [-0.3, -0.25) is 4.79 Å². The number of aromatic nitrogens is 1. The summed E-state index contributed by atoms with van der Waals surface area (Å²) >= 11 is 1.53. The van der Waals surface area contributed by atoms with Gasteiger partial charge in [0, 0.05) is 18.0 Å². The normalized spacial score (nSPS) is 10.9. The highest BCUT2D eigenvalue weighted by atomic mass is 32.1. The van der Waals surface area contributed by atoms with E-state index in [1.165, 1.54) is 11.3 Å². The SMILES string of the molecule is Cc1nc(CN)sc1CC(=O)NCCC(C)C. The third kappa shape index (κ3) is 4.83. The van der Waals surface area contributed by atoms with E-state index in [1.807, 2.05) is 6.92 Å². The van der Waals surface area contributed by atoms with E-state index in [9.17, 15) is 4.79 Å². The predicted molar refractivity (Wildman–Crippen MR) is 70.9 cm³/mol. The Labute approximate surface area is 107 Å². The number of hydrogen-bond donors (Lipinski definition) is 2. The van der Waals surface area contributed by atoms with Crippen LogP contribution in [0.1, 0.15) is 35.8 Å². The van der Waals surface area contributed by atoms with Crippen LogP contribution >= 0.6 is 11.3 Å². The average molecular weight is 255 g/mol. The lowest BCUT2D eigenvalue weighted by atomic mass is 10.1. The summed E-state index contributed by atoms with van der Waals surface area (Å²) in [6.07, 6.45) is 1.43. The summed E-state index contributed by atoms with van der Waals surface area (Å²) in [6.45, 7) is 7.41. The maximum Gasteiger partial charge on any atom is 0.225 e. The predicted octanol–water partition coefficient (Wildman–Crippen LogP) is 1.62. The summed E-state index contributed by atoms with van der Waals surface area (Å²) in [6, 6.07) is 0. The molecule has 1 amide bonds. The van der Waals surface area contributed by atoms with Gasteiger partial charge in [0.2, 0.25) is 5.91 Å². The van der Waals surface area contributed by atoms with Gasteiger partial charge in [0.15, 0.2) is 0 Å². The van der Waals surface area contributed by atoms with Crippen LogP contribution in [-0.2, 0) is 17.8 Å². The topological polar surface area (TPSA) is 68.0 Å². The van der Waals surface area contributed by atoms with E-state index in [-0.39, 0.29) is 5.91 Å². The Balaban J connectivity index is 2.42. The Morgan fingerprint density at radius 3 is 2.76 bits per heavy atom. The monoisotopic (exact) mass is 255 g/mol. The van der Waals surface area contributed by atoms with Gasteiger partial charge < -0.3 is 11.1 Å². The zero-order valence-electron chi connectivity index (χ0n) is 10.7. The smallest absolute Gasteiger partial charge is 0.225 e. The molecule has 0 aliphatic heterocycles. The standard InChI is InChI=1S/C12H21N3OS/c1-8(2)4-5-14-11(16)6-10-9(3)15-12(7-13)17-10/h8H,4-7,13H2,1-3H3,(H,14,16). The van der Waals surface area contributed by atoms with Crippen LogP contribution in [0.25, 0.3) is 0 Å². The molecule has 0 fully saturated rings. The van der Waals surface area contributed by atoms with Crippen LogP contribution in [0.5, 0.6) is 0 Å². The van der Waals surface area contributed by atoms with Gasteiger partial charge in [-0.05, 0) is 19.3 Å². The molecule has 0 radical (unpaired) electrons. The average Bonchev–Trinajstić information content (AvgIpc) is 2.59. The zero-order valence-corrected chi connectivity index (χ0v) is 11.6. The first kappa shape index (κ1) is 14.1. The molecule has 0 bridgehead atoms. The summed E-state index contributed by atoms with van der Waals surface area (Å²) in [7, 11) is 0. The minimum absolute atomic E-state index is 0.0703. The van der Waals surface area contributed by atoms with Gasteiger partial charge in [0.25, 0.3) is 0 Å². The van der Waals surface area contributed by atoms with Crippen molar-refractivity contribution in [2.75, 3.05) is 6.54 Å². The number of carbonyl (C=O) groups is 1. The highest BCUT2D eigenvalue weighted by Crippen LogP contribution is 2.18. The second kappa shape index (κ2) is 6.71. The van der Waals surface area contributed by atoms with Crippen molar-refractivity contribution in [3.05, 3.63) is 15.6 Å². The third-order valence-corrected chi connectivity index (χ3v) is 3.66. The molecule has 0 aliphatic carbocycles. The molecule has 17 heavy (non-hydrogen) atoms. The van der Waals surface area contributed by atoms with Crippen molar-refractivity contribution in [3.8, 4) is 0 Å². The largest absolute Gasteiger partial charge is 0.356 e. The molecule has 1 aromatic rings. The van der Waals surface area contributed by atoms with Crippen LogP contribution in [0.4, 0.5) is 0 Å². The van der Waals surface area contributed by atoms with Crippen LogP contribution in [0.3, 0.4) is 0 Å². The molecule has 96 valence electrons. The van der Waals surface area contributed by atoms with Crippen molar-refractivity contribution in [3.63, 3.8) is 0 Å². The fourth-order valence-electron chi connectivity index (χ4n) is 1.45. The van der Waals surface area contributed by atoms with Gasteiger partial charge in [-0.25, -0.2) is 4.98 Å². The minimum Gasteiger partial charge on any atom is -0.356 e. The molecule has 5 heteroatoms. The molecular formula is C12H21N3OS. The van der Waals surface area contributed by atoms with Crippen LogP contribution in [0, 0.1) is 12.8 Å². The maximum absolute atomic E-state index is 11.7. The third-order valence-electron chi connectivity index (χ3n) is 2.48. The Morgan fingerprint density at radius 2 is 2.24 bits per heavy atom. The number of carbonyl (C=O) groups excluding carboxylic acids is 1. The van der Waals surface area contributed by atoms with Crippen molar-refractivity contribution in [2.24, 2.45) is 11.7 Å². The molecule has 4 nitrogen and oxygen atoms in total. The quantitative estimate of drug-likeness (QED) is 0.811. The summed E-state index contributed by atoms with van der Waals surface area (Å²) in [5.41, 5.74) is 6.45. The molecule has 0 aliphatic rings. The fraction of sp³-hybridized carbons (Fsp3) is 0.667. The molecule has 0 unspecified atom stereocenters. The number of thiazole rings is 1. The lowest BCUT2D eigenvalue weighted by Crippen LogP contribution is -2.26. The van der Waals surface area contributed by atoms with E-state index in [4.69, 9.17) is 5.73 Å². The van der Waals surface area contributed by atoms with Crippen molar-refractivity contribution >= 4 is 17.2 Å². The van der Waals surface area contributed by atoms with Crippen molar-refractivity contribution < 1.29 is 4.79 Å². The Hall–Kier alpha value is -0.940. The summed E-state index contributed by atoms with van der Waals surface area (Å²) in [4.78, 5) is 17.0. The number of nitrogens with zero attached hydrogens (tertiary/aromatic N) is 1. The van der Waals surface area contributed by atoms with Crippen LogP contribution < -0.4 is 11.1 Å². The van der Waals surface area contributed by atoms with E-state index in [0.717, 1.165) is 28.5 Å². The lowest BCUT2D eigenvalue weighted by molar-refractivity contribution is -0.120. The van der Waals surface area contributed by atoms with Crippen molar-refractivity contribution in [1.29, 1.82) is 0 Å². The van der Waals surface area contributed by atoms with Crippen LogP contribution in [0.2, 0.25) is 0 Å². The minimum atomic E-state index is 0.0703. The second-order valence-electron chi connectivity index (χ2n) is 4.53. The van der Waals surface area contributed by atoms with Gasteiger partial charge in [0.1, 0.15) is 5.01 Å². The molecule has 3 N–H and O–H groups in total. The van der Waals surface area contributed by atoms with Gasteiger partial charge in [-0.2, -0.15) is 0 Å². The number of aryl methyl sites for hydroxylation is 1. The van der Waals surface area contributed by atoms with E-state index >= 15 is 0 Å². The van der Waals surface area contributed by atoms with E-state index in [2.05, 4.69) is 24.1 Å². The van der Waals surface area contributed by atoms with Gasteiger partial charge >= 0.3 is 0 Å². The molecular weight excluding hydrogens is 234 g/mol. The maximum atomic E-state index is 11.7. The second-order valence-corrected chi connectivity index (χ2v) is 5.70. The number of nitrogens with two attached hydrogens (primary N) is 1. The molecule has 1 rings (SSSR count). The first-order valence-corrected chi connectivity index (χ1v) is 6.76. The van der Waals surface area contributed by atoms with Crippen LogP contribution in [0.15, 0.2) is 0 Å². The first-order chi connectivity index (χ1) is 8.02. The number of hydrogen-bond acceptors (Lipinski definition) is 4. The van der Waals surface area contributed by atoms with Gasteiger partial charge in [0.05, 0.1) is 12.1 Å². The Kier molecular flexibility index (Phi) is 5.58. The molecule has 0 spiro atoms. The molecule has 0 saturated carbocycles. The van der Waals surface area contributed by atoms with E-state index in [1.54, 1.807) is 0 Å². The van der Waals surface area contributed by atoms with Gasteiger partial charge in [-0.1, -0.05) is 13.8 Å². The zero-order chi connectivity index (χ0) is 12.8. The number of rotatable bonds is 6. The molecule has 1 heterocycles. The highest BCUT2D eigenvalue weighted by Gasteiger charge is 2.10. The highest BCUT2D eigenvalue weighted by molar-refractivity contribution is 7.11. The van der Waals surface area contributed by atoms with E-state index < -0.39 is 0 Å². The summed E-state index contributed by atoms with van der Waals surface area (Å²) in [5.74, 6) is 0.685. The molecule has 1 aromatic heterocycles. The summed E-state index contributed by atoms with van der Waals surface area (Å²) in [5, 5.41) is 3.82. The fourth-order valence-corrected chi connectivity index (χ4v) is 2.40. The van der Waals surface area contributed by atoms with Crippen molar-refractivity contribution in [1.82, 2.24) is 10.3 Å². The van der Waals surface area contributed by atoms with Crippen molar-refractivity contribution in [2.45, 2.75) is 40.2 Å². The molecule has 0 atom stereocenters. The van der Waals surface area contributed by atoms with E-state index in [0.29, 0.717) is 18.9 Å². The Bertz CT molecular complexity index is 374. The lowest BCUT2D eigenvalue weighted by Gasteiger charge is -2.06. The van der Waals surface area contributed by atoms with Gasteiger partial charge in [-0.15, -0.1) is 11.3 Å². The van der Waals surface area contributed by atoms with Crippen LogP contribution in [-0.4, -0.2) is 17.4 Å². The number of nitrogens with one attached hydrogen (secondary N) is 1. The number of amides is 1. The molecule has 0 saturated heterocycles.